The summed E-state index contributed by atoms with van der Waals surface area (Å²) >= 11 is 0. The molecule has 0 saturated heterocycles. The summed E-state index contributed by atoms with van der Waals surface area (Å²) in [5, 5.41) is 9.42. The van der Waals surface area contributed by atoms with E-state index < -0.39 is 5.09 Å². The number of nitrogens with zero attached hydrogens (tertiary/aromatic N) is 1. The number of hydrogen-bond acceptors (Lipinski definition) is 5. The zero-order valence-electron chi connectivity index (χ0n) is 10.8. The summed E-state index contributed by atoms with van der Waals surface area (Å²) in [5.41, 5.74) is 0.475. The molecule has 19 heavy (non-hydrogen) atoms. The maximum Gasteiger partial charge on any atom is 0.306 e. The molecule has 6 heteroatoms. The van der Waals surface area contributed by atoms with Crippen molar-refractivity contribution in [1.29, 1.82) is 0 Å². The van der Waals surface area contributed by atoms with Crippen LogP contribution in [0.1, 0.15) is 38.2 Å². The van der Waals surface area contributed by atoms with Crippen LogP contribution in [0.15, 0.2) is 24.3 Å². The first kappa shape index (κ1) is 14.9. The third-order valence-corrected chi connectivity index (χ3v) is 2.52. The fourth-order valence-corrected chi connectivity index (χ4v) is 1.54. The summed E-state index contributed by atoms with van der Waals surface area (Å²) in [6.45, 7) is 2.03. The quantitative estimate of drug-likeness (QED) is 0.313. The van der Waals surface area contributed by atoms with Crippen molar-refractivity contribution in [3.8, 4) is 5.75 Å². The molecular formula is C13H17NO5. The van der Waals surface area contributed by atoms with Gasteiger partial charge in [0.1, 0.15) is 12.4 Å². The van der Waals surface area contributed by atoms with Crippen molar-refractivity contribution in [3.05, 3.63) is 39.9 Å². The number of para-hydroxylation sites is 1. The standard InChI is InChI=1S/C13H17NO5/c1-2-3-4-9-13(15)18-10-11-7-5-6-8-12(11)19-14(16)17/h5-8H,2-4,9-10H2,1H3. The van der Waals surface area contributed by atoms with Gasteiger partial charge in [-0.2, -0.15) is 0 Å². The van der Waals surface area contributed by atoms with E-state index in [0.717, 1.165) is 19.3 Å². The molecular weight excluding hydrogens is 250 g/mol. The number of esters is 1. The Morgan fingerprint density at radius 2 is 2.05 bits per heavy atom. The summed E-state index contributed by atoms with van der Waals surface area (Å²) in [6.07, 6.45) is 3.18. The summed E-state index contributed by atoms with van der Waals surface area (Å²) in [6, 6.07) is 6.40. The molecule has 0 aliphatic heterocycles. The highest BCUT2D eigenvalue weighted by Gasteiger charge is 2.09. The van der Waals surface area contributed by atoms with Crippen LogP contribution < -0.4 is 4.84 Å². The Morgan fingerprint density at radius 1 is 1.32 bits per heavy atom. The molecule has 0 amide bonds. The number of carbonyl (C=O) groups excluding carboxylic acids is 1. The van der Waals surface area contributed by atoms with E-state index in [1.54, 1.807) is 18.2 Å². The third kappa shape index (κ3) is 5.85. The molecule has 0 N–H and O–H groups in total. The summed E-state index contributed by atoms with van der Waals surface area (Å²) in [4.78, 5) is 26.1. The van der Waals surface area contributed by atoms with Crippen molar-refractivity contribution in [3.63, 3.8) is 0 Å². The average Bonchev–Trinajstić information content (AvgIpc) is 2.37. The highest BCUT2D eigenvalue weighted by molar-refractivity contribution is 5.69. The SMILES string of the molecule is CCCCCC(=O)OCc1ccccc1O[N+](=O)[O-]. The van der Waals surface area contributed by atoms with Gasteiger partial charge in [-0.25, -0.2) is 0 Å². The Balaban J connectivity index is 2.48. The van der Waals surface area contributed by atoms with Crippen molar-refractivity contribution >= 4 is 5.97 Å². The zero-order valence-corrected chi connectivity index (χ0v) is 10.8. The topological polar surface area (TPSA) is 78.7 Å². The first-order valence-corrected chi connectivity index (χ1v) is 6.19. The molecule has 0 saturated carbocycles. The molecule has 1 aromatic rings. The van der Waals surface area contributed by atoms with E-state index in [4.69, 9.17) is 4.74 Å². The van der Waals surface area contributed by atoms with Gasteiger partial charge in [0.15, 0.2) is 0 Å². The molecule has 0 bridgehead atoms. The molecule has 0 radical (unpaired) electrons. The van der Waals surface area contributed by atoms with Crippen LogP contribution in [0.25, 0.3) is 0 Å². The van der Waals surface area contributed by atoms with E-state index in [-0.39, 0.29) is 18.3 Å². The van der Waals surface area contributed by atoms with E-state index in [9.17, 15) is 14.9 Å². The fraction of sp³-hybridized carbons (Fsp3) is 0.462. The lowest BCUT2D eigenvalue weighted by Gasteiger charge is -2.08. The molecule has 0 atom stereocenters. The maximum atomic E-state index is 11.4. The Kier molecular flexibility index (Phi) is 6.35. The van der Waals surface area contributed by atoms with Crippen LogP contribution in [0.5, 0.6) is 5.75 Å². The van der Waals surface area contributed by atoms with E-state index in [2.05, 4.69) is 11.8 Å². The number of carbonyl (C=O) groups is 1. The van der Waals surface area contributed by atoms with Crippen LogP contribution in [0.2, 0.25) is 0 Å². The molecule has 0 aliphatic carbocycles. The van der Waals surface area contributed by atoms with Gasteiger partial charge in [0.05, 0.1) is 0 Å². The van der Waals surface area contributed by atoms with Crippen LogP contribution in [0.3, 0.4) is 0 Å². The summed E-state index contributed by atoms with van der Waals surface area (Å²) in [7, 11) is 0. The van der Waals surface area contributed by atoms with Crippen LogP contribution in [0.4, 0.5) is 0 Å². The van der Waals surface area contributed by atoms with E-state index in [0.29, 0.717) is 12.0 Å². The predicted molar refractivity (Wildman–Crippen MR) is 68.0 cm³/mol. The molecule has 0 unspecified atom stereocenters. The summed E-state index contributed by atoms with van der Waals surface area (Å²) in [5.74, 6) is -0.210. The van der Waals surface area contributed by atoms with Gasteiger partial charge < -0.3 is 4.74 Å². The van der Waals surface area contributed by atoms with Gasteiger partial charge in [-0.3, -0.25) is 9.63 Å². The van der Waals surface area contributed by atoms with Crippen LogP contribution >= 0.6 is 0 Å². The van der Waals surface area contributed by atoms with Gasteiger partial charge in [-0.1, -0.05) is 38.0 Å². The molecule has 0 spiro atoms. The van der Waals surface area contributed by atoms with Gasteiger partial charge in [-0.05, 0) is 12.5 Å². The van der Waals surface area contributed by atoms with Crippen molar-refractivity contribution in [2.24, 2.45) is 0 Å². The van der Waals surface area contributed by atoms with Gasteiger partial charge >= 0.3 is 5.97 Å². The van der Waals surface area contributed by atoms with Crippen molar-refractivity contribution < 1.29 is 19.5 Å². The Hall–Kier alpha value is -2.11. The lowest BCUT2D eigenvalue weighted by atomic mass is 10.2. The predicted octanol–water partition coefficient (Wildman–Crippen LogP) is 2.88. The first-order valence-electron chi connectivity index (χ1n) is 6.19. The largest absolute Gasteiger partial charge is 0.461 e. The second-order valence-electron chi connectivity index (χ2n) is 4.04. The Labute approximate surface area is 111 Å². The molecule has 1 rings (SSSR count). The lowest BCUT2D eigenvalue weighted by molar-refractivity contribution is -0.711. The minimum absolute atomic E-state index is 0.0189. The molecule has 0 fully saturated rings. The third-order valence-electron chi connectivity index (χ3n) is 2.52. The molecule has 1 aromatic carbocycles. The molecule has 0 aromatic heterocycles. The number of hydrogen-bond donors (Lipinski definition) is 0. The summed E-state index contributed by atoms with van der Waals surface area (Å²) < 4.78 is 5.06. The number of rotatable bonds is 8. The van der Waals surface area contributed by atoms with Gasteiger partial charge in [0, 0.05) is 12.0 Å². The highest BCUT2D eigenvalue weighted by atomic mass is 17.0. The van der Waals surface area contributed by atoms with Gasteiger partial charge in [0.2, 0.25) is 0 Å². The highest BCUT2D eigenvalue weighted by Crippen LogP contribution is 2.19. The van der Waals surface area contributed by atoms with E-state index >= 15 is 0 Å². The average molecular weight is 267 g/mol. The maximum absolute atomic E-state index is 11.4. The van der Waals surface area contributed by atoms with Crippen LogP contribution in [-0.4, -0.2) is 11.1 Å². The Bertz CT molecular complexity index is 433. The Morgan fingerprint density at radius 3 is 2.74 bits per heavy atom. The van der Waals surface area contributed by atoms with Crippen molar-refractivity contribution in [2.45, 2.75) is 39.2 Å². The smallest absolute Gasteiger partial charge is 0.306 e. The van der Waals surface area contributed by atoms with Crippen LogP contribution in [-0.2, 0) is 16.1 Å². The lowest BCUT2D eigenvalue weighted by Crippen LogP contribution is -2.08. The van der Waals surface area contributed by atoms with E-state index in [1.807, 2.05) is 0 Å². The monoisotopic (exact) mass is 267 g/mol. The fourth-order valence-electron chi connectivity index (χ4n) is 1.54. The molecule has 0 aliphatic rings. The van der Waals surface area contributed by atoms with Crippen molar-refractivity contribution in [1.82, 2.24) is 0 Å². The second kappa shape index (κ2) is 8.07. The van der Waals surface area contributed by atoms with Crippen LogP contribution in [0, 0.1) is 10.1 Å². The first-order chi connectivity index (χ1) is 9.13. The number of benzene rings is 1. The minimum atomic E-state index is -0.887. The second-order valence-corrected chi connectivity index (χ2v) is 4.04. The van der Waals surface area contributed by atoms with Gasteiger partial charge in [-0.15, -0.1) is 10.1 Å². The van der Waals surface area contributed by atoms with Crippen molar-refractivity contribution in [2.75, 3.05) is 0 Å². The molecule has 6 nitrogen and oxygen atoms in total. The zero-order chi connectivity index (χ0) is 14.1. The number of unbranched alkanes of at least 4 members (excludes halogenated alkanes) is 2. The molecule has 0 heterocycles. The van der Waals surface area contributed by atoms with Gasteiger partial charge in [0.25, 0.3) is 5.09 Å². The molecule has 104 valence electrons. The number of ether oxygens (including phenoxy) is 1. The van der Waals surface area contributed by atoms with E-state index in [1.165, 1.54) is 6.07 Å². The minimum Gasteiger partial charge on any atom is -0.461 e. The normalized spacial score (nSPS) is 9.95.